The van der Waals surface area contributed by atoms with Gasteiger partial charge in [0.15, 0.2) is 0 Å². The molecule has 0 fully saturated rings. The molecule has 5 nitrogen and oxygen atoms in total. The Bertz CT molecular complexity index is 659. The molecule has 5 heteroatoms. The van der Waals surface area contributed by atoms with Crippen molar-refractivity contribution >= 4 is 17.3 Å². The number of nitrogens with two attached hydrogens (primary N) is 1. The van der Waals surface area contributed by atoms with Gasteiger partial charge in [0.2, 0.25) is 5.91 Å². The molecule has 0 aliphatic carbocycles. The van der Waals surface area contributed by atoms with Crippen LogP contribution in [0.4, 0.5) is 11.4 Å². The number of aliphatic hydroxyl groups is 1. The van der Waals surface area contributed by atoms with Crippen LogP contribution in [0.1, 0.15) is 17.5 Å². The second kappa shape index (κ2) is 9.05. The molecule has 0 aromatic heterocycles. The Morgan fingerprint density at radius 1 is 1.17 bits per heavy atom. The molecule has 4 N–H and O–H groups in total. The summed E-state index contributed by atoms with van der Waals surface area (Å²) in [6, 6.07) is 15.5. The molecule has 0 aliphatic heterocycles. The molecule has 0 radical (unpaired) electrons. The van der Waals surface area contributed by atoms with Gasteiger partial charge in [-0.15, -0.1) is 0 Å². The number of carbonyl (C=O) groups is 1. The second-order valence-corrected chi connectivity index (χ2v) is 5.86. The molecule has 24 heavy (non-hydrogen) atoms. The van der Waals surface area contributed by atoms with Gasteiger partial charge in [-0.25, -0.2) is 0 Å². The fourth-order valence-corrected chi connectivity index (χ4v) is 2.55. The lowest BCUT2D eigenvalue weighted by molar-refractivity contribution is -0.116. The lowest BCUT2D eigenvalue weighted by Gasteiger charge is -2.21. The van der Waals surface area contributed by atoms with Crippen LogP contribution in [0.2, 0.25) is 0 Å². The van der Waals surface area contributed by atoms with Crippen LogP contribution in [0.3, 0.4) is 0 Å². The molecule has 2 aromatic rings. The zero-order chi connectivity index (χ0) is 17.4. The first-order valence-corrected chi connectivity index (χ1v) is 8.11. The molecule has 2 aromatic carbocycles. The highest BCUT2D eigenvalue weighted by Gasteiger charge is 2.10. The standard InChI is InChI=1S/C19H25N3O2/c1-15-13-17(20)7-8-18(15)21-19(24)9-10-22(11-12-23)14-16-5-3-2-4-6-16/h2-8,13,23H,9-12,14,20H2,1H3,(H,21,24). The molecule has 0 heterocycles. The minimum Gasteiger partial charge on any atom is -0.399 e. The van der Waals surface area contributed by atoms with Gasteiger partial charge < -0.3 is 16.2 Å². The van der Waals surface area contributed by atoms with Gasteiger partial charge in [0.1, 0.15) is 0 Å². The van der Waals surface area contributed by atoms with Gasteiger partial charge in [0, 0.05) is 37.4 Å². The van der Waals surface area contributed by atoms with Crippen LogP contribution in [0.15, 0.2) is 48.5 Å². The van der Waals surface area contributed by atoms with Crippen molar-refractivity contribution in [2.45, 2.75) is 19.9 Å². The third-order valence-corrected chi connectivity index (χ3v) is 3.84. The van der Waals surface area contributed by atoms with E-state index in [-0.39, 0.29) is 12.5 Å². The Kier molecular flexibility index (Phi) is 6.78. The first-order chi connectivity index (χ1) is 11.6. The van der Waals surface area contributed by atoms with E-state index in [1.165, 1.54) is 5.56 Å². The number of aliphatic hydroxyl groups excluding tert-OH is 1. The summed E-state index contributed by atoms with van der Waals surface area (Å²) in [7, 11) is 0. The van der Waals surface area contributed by atoms with Crippen LogP contribution < -0.4 is 11.1 Å². The van der Waals surface area contributed by atoms with Crippen LogP contribution in [0.5, 0.6) is 0 Å². The SMILES string of the molecule is Cc1cc(N)ccc1NC(=O)CCN(CCO)Cc1ccccc1. The first-order valence-electron chi connectivity index (χ1n) is 8.11. The van der Waals surface area contributed by atoms with Crippen LogP contribution in [-0.4, -0.2) is 35.6 Å². The van der Waals surface area contributed by atoms with E-state index in [2.05, 4.69) is 10.2 Å². The number of rotatable bonds is 8. The third-order valence-electron chi connectivity index (χ3n) is 3.84. The van der Waals surface area contributed by atoms with Gasteiger partial charge in [0.25, 0.3) is 0 Å². The molecule has 128 valence electrons. The summed E-state index contributed by atoms with van der Waals surface area (Å²) in [5, 5.41) is 12.1. The molecular weight excluding hydrogens is 302 g/mol. The Labute approximate surface area is 143 Å². The van der Waals surface area contributed by atoms with Crippen LogP contribution in [0, 0.1) is 6.92 Å². The molecule has 0 saturated heterocycles. The highest BCUT2D eigenvalue weighted by Crippen LogP contribution is 2.17. The number of nitrogens with one attached hydrogen (secondary N) is 1. The van der Waals surface area contributed by atoms with Gasteiger partial charge in [-0.3, -0.25) is 9.69 Å². The van der Waals surface area contributed by atoms with Crippen LogP contribution in [0.25, 0.3) is 0 Å². The van der Waals surface area contributed by atoms with E-state index in [4.69, 9.17) is 5.73 Å². The lowest BCUT2D eigenvalue weighted by atomic mass is 10.1. The number of aryl methyl sites for hydroxylation is 1. The normalized spacial score (nSPS) is 10.8. The molecule has 0 aliphatic rings. The summed E-state index contributed by atoms with van der Waals surface area (Å²) in [6.45, 7) is 3.85. The van der Waals surface area contributed by atoms with E-state index in [0.29, 0.717) is 25.2 Å². The Morgan fingerprint density at radius 3 is 2.58 bits per heavy atom. The second-order valence-electron chi connectivity index (χ2n) is 5.86. The average Bonchev–Trinajstić information content (AvgIpc) is 2.56. The molecule has 0 bridgehead atoms. The fraction of sp³-hybridized carbons (Fsp3) is 0.316. The topological polar surface area (TPSA) is 78.6 Å². The van der Waals surface area contributed by atoms with Crippen LogP contribution >= 0.6 is 0 Å². The smallest absolute Gasteiger partial charge is 0.225 e. The van der Waals surface area contributed by atoms with Gasteiger partial charge in [-0.2, -0.15) is 0 Å². The maximum atomic E-state index is 12.2. The minimum atomic E-state index is -0.0427. The van der Waals surface area contributed by atoms with Crippen molar-refractivity contribution in [2.24, 2.45) is 0 Å². The van der Waals surface area contributed by atoms with Gasteiger partial charge in [0.05, 0.1) is 6.61 Å². The monoisotopic (exact) mass is 327 g/mol. The van der Waals surface area contributed by atoms with Crippen LogP contribution in [-0.2, 0) is 11.3 Å². The number of amides is 1. The largest absolute Gasteiger partial charge is 0.399 e. The van der Waals surface area contributed by atoms with E-state index >= 15 is 0 Å². The number of hydrogen-bond donors (Lipinski definition) is 3. The summed E-state index contributed by atoms with van der Waals surface area (Å²) in [5.41, 5.74) is 9.30. The molecule has 0 unspecified atom stereocenters. The Morgan fingerprint density at radius 2 is 1.92 bits per heavy atom. The number of anilines is 2. The summed E-state index contributed by atoms with van der Waals surface area (Å²) in [6.07, 6.45) is 0.372. The van der Waals surface area contributed by atoms with Crippen molar-refractivity contribution in [1.82, 2.24) is 4.90 Å². The van der Waals surface area contributed by atoms with E-state index in [0.717, 1.165) is 17.8 Å². The number of hydrogen-bond acceptors (Lipinski definition) is 4. The van der Waals surface area contributed by atoms with Gasteiger partial charge in [-0.05, 0) is 36.2 Å². The number of carbonyl (C=O) groups excluding carboxylic acids is 1. The maximum Gasteiger partial charge on any atom is 0.225 e. The van der Waals surface area contributed by atoms with E-state index in [9.17, 15) is 9.90 Å². The zero-order valence-corrected chi connectivity index (χ0v) is 14.0. The summed E-state index contributed by atoms with van der Waals surface area (Å²) in [4.78, 5) is 14.3. The molecule has 1 amide bonds. The first kappa shape index (κ1) is 18.0. The highest BCUT2D eigenvalue weighted by atomic mass is 16.3. The van der Waals surface area contributed by atoms with Crippen molar-refractivity contribution < 1.29 is 9.90 Å². The van der Waals surface area contributed by atoms with Crippen molar-refractivity contribution in [1.29, 1.82) is 0 Å². The van der Waals surface area contributed by atoms with Gasteiger partial charge >= 0.3 is 0 Å². The van der Waals surface area contributed by atoms with Crippen molar-refractivity contribution in [3.63, 3.8) is 0 Å². The minimum absolute atomic E-state index is 0.0427. The molecule has 0 atom stereocenters. The fourth-order valence-electron chi connectivity index (χ4n) is 2.55. The Balaban J connectivity index is 1.87. The number of nitrogen functional groups attached to an aromatic ring is 1. The van der Waals surface area contributed by atoms with Crippen molar-refractivity contribution in [3.05, 3.63) is 59.7 Å². The Hall–Kier alpha value is -2.37. The summed E-state index contributed by atoms with van der Waals surface area (Å²) in [5.74, 6) is -0.0427. The maximum absolute atomic E-state index is 12.2. The van der Waals surface area contributed by atoms with Crippen molar-refractivity contribution in [3.8, 4) is 0 Å². The number of nitrogens with zero attached hydrogens (tertiary/aromatic N) is 1. The average molecular weight is 327 g/mol. The molecular formula is C19H25N3O2. The number of benzene rings is 2. The van der Waals surface area contributed by atoms with E-state index in [1.807, 2.05) is 49.4 Å². The van der Waals surface area contributed by atoms with E-state index in [1.54, 1.807) is 6.07 Å². The predicted octanol–water partition coefficient (Wildman–Crippen LogP) is 2.40. The molecule has 2 rings (SSSR count). The van der Waals surface area contributed by atoms with Gasteiger partial charge in [-0.1, -0.05) is 30.3 Å². The van der Waals surface area contributed by atoms with Crippen molar-refractivity contribution in [2.75, 3.05) is 30.7 Å². The highest BCUT2D eigenvalue weighted by molar-refractivity contribution is 5.91. The summed E-state index contributed by atoms with van der Waals surface area (Å²) >= 11 is 0. The molecule has 0 saturated carbocycles. The lowest BCUT2D eigenvalue weighted by Crippen LogP contribution is -2.30. The summed E-state index contributed by atoms with van der Waals surface area (Å²) < 4.78 is 0. The van der Waals surface area contributed by atoms with E-state index < -0.39 is 0 Å². The zero-order valence-electron chi connectivity index (χ0n) is 14.0. The molecule has 0 spiro atoms. The predicted molar refractivity (Wildman–Crippen MR) is 97.6 cm³/mol. The quantitative estimate of drug-likeness (QED) is 0.651. The third kappa shape index (κ3) is 5.68.